The molecule has 1 aliphatic rings. The van der Waals surface area contributed by atoms with Gasteiger partial charge in [-0.3, -0.25) is 4.79 Å². The number of carbonyl (C=O) groups excluding carboxylic acids is 1. The second-order valence-electron chi connectivity index (χ2n) is 5.69. The van der Waals surface area contributed by atoms with E-state index in [-0.39, 0.29) is 5.91 Å². The number of amides is 1. The normalized spacial score (nSPS) is 12.4. The lowest BCUT2D eigenvalue weighted by molar-refractivity contribution is 0.0966. The van der Waals surface area contributed by atoms with Gasteiger partial charge in [-0.1, -0.05) is 65.7 Å². The Kier molecular flexibility index (Phi) is 3.92. The summed E-state index contributed by atoms with van der Waals surface area (Å²) in [6, 6.07) is 20.8. The third-order valence-corrected chi connectivity index (χ3v) is 3.85. The summed E-state index contributed by atoms with van der Waals surface area (Å²) in [5.74, 6) is 0.0556. The minimum atomic E-state index is 0.0556. The topological polar surface area (TPSA) is 29.1 Å². The van der Waals surface area contributed by atoms with Crippen molar-refractivity contribution in [2.75, 3.05) is 0 Å². The van der Waals surface area contributed by atoms with Gasteiger partial charge in [-0.25, -0.2) is 0 Å². The Labute approximate surface area is 130 Å². The predicted octanol–water partition coefficient (Wildman–Crippen LogP) is 4.39. The first kappa shape index (κ1) is 14.3. The van der Waals surface area contributed by atoms with Gasteiger partial charge >= 0.3 is 0 Å². The van der Waals surface area contributed by atoms with Gasteiger partial charge in [0.1, 0.15) is 0 Å². The molecule has 0 aromatic heterocycles. The Hall–Kier alpha value is -2.61. The van der Waals surface area contributed by atoms with E-state index in [0.29, 0.717) is 6.54 Å². The molecule has 1 N–H and O–H groups in total. The van der Waals surface area contributed by atoms with Gasteiger partial charge in [-0.05, 0) is 36.2 Å². The van der Waals surface area contributed by atoms with Gasteiger partial charge < -0.3 is 5.32 Å². The molecule has 0 saturated carbocycles. The van der Waals surface area contributed by atoms with E-state index in [9.17, 15) is 4.79 Å². The standard InChI is InChI=1S/C11H10.C9H9NO/c1-9-6-7-10-4-2-3-5-11(10)8-9;1-6-2-3-8-7(4-6)5-10-9(8)11/h2-8H,1H3;2-4H,5H2,1H3,(H,10,11). The molecule has 0 fully saturated rings. The van der Waals surface area contributed by atoms with Crippen molar-refractivity contribution in [2.24, 2.45) is 0 Å². The highest BCUT2D eigenvalue weighted by molar-refractivity contribution is 5.98. The van der Waals surface area contributed by atoms with Crippen LogP contribution in [-0.2, 0) is 6.54 Å². The fourth-order valence-electron chi connectivity index (χ4n) is 2.67. The van der Waals surface area contributed by atoms with E-state index in [1.54, 1.807) is 0 Å². The van der Waals surface area contributed by atoms with Gasteiger partial charge in [0, 0.05) is 12.1 Å². The van der Waals surface area contributed by atoms with Crippen LogP contribution in [0.25, 0.3) is 10.8 Å². The summed E-state index contributed by atoms with van der Waals surface area (Å²) in [6.07, 6.45) is 0. The number of carbonyl (C=O) groups is 1. The van der Waals surface area contributed by atoms with Gasteiger partial charge in [-0.2, -0.15) is 0 Å². The highest BCUT2D eigenvalue weighted by atomic mass is 16.1. The largest absolute Gasteiger partial charge is 0.348 e. The summed E-state index contributed by atoms with van der Waals surface area (Å²) in [5.41, 5.74) is 4.48. The van der Waals surface area contributed by atoms with Crippen molar-refractivity contribution in [3.05, 3.63) is 82.9 Å². The molecule has 0 unspecified atom stereocenters. The number of aryl methyl sites for hydroxylation is 2. The van der Waals surface area contributed by atoms with Crippen LogP contribution in [0.4, 0.5) is 0 Å². The van der Waals surface area contributed by atoms with Crippen LogP contribution in [0.5, 0.6) is 0 Å². The van der Waals surface area contributed by atoms with Crippen LogP contribution in [0, 0.1) is 13.8 Å². The summed E-state index contributed by atoms with van der Waals surface area (Å²) in [5, 5.41) is 5.42. The van der Waals surface area contributed by atoms with Crippen molar-refractivity contribution in [3.63, 3.8) is 0 Å². The summed E-state index contributed by atoms with van der Waals surface area (Å²) in [4.78, 5) is 11.1. The molecule has 1 amide bonds. The Balaban J connectivity index is 0.000000131. The van der Waals surface area contributed by atoms with Crippen LogP contribution >= 0.6 is 0 Å². The zero-order valence-electron chi connectivity index (χ0n) is 12.9. The van der Waals surface area contributed by atoms with Crippen LogP contribution in [0.15, 0.2) is 60.7 Å². The van der Waals surface area contributed by atoms with E-state index >= 15 is 0 Å². The maximum atomic E-state index is 11.1. The Morgan fingerprint density at radius 3 is 2.32 bits per heavy atom. The number of fused-ring (bicyclic) bond motifs is 2. The number of hydrogen-bond donors (Lipinski definition) is 1. The van der Waals surface area contributed by atoms with Crippen molar-refractivity contribution < 1.29 is 4.79 Å². The van der Waals surface area contributed by atoms with Gasteiger partial charge in [0.15, 0.2) is 0 Å². The number of rotatable bonds is 0. The van der Waals surface area contributed by atoms with Crippen LogP contribution in [0.1, 0.15) is 27.0 Å². The third kappa shape index (κ3) is 3.01. The third-order valence-electron chi connectivity index (χ3n) is 3.85. The average Bonchev–Trinajstić information content (AvgIpc) is 2.88. The highest BCUT2D eigenvalue weighted by Crippen LogP contribution is 2.16. The molecule has 0 radical (unpaired) electrons. The van der Waals surface area contributed by atoms with E-state index < -0.39 is 0 Å². The number of nitrogens with one attached hydrogen (secondary N) is 1. The van der Waals surface area contributed by atoms with Crippen molar-refractivity contribution in [3.8, 4) is 0 Å². The monoisotopic (exact) mass is 289 g/mol. The molecule has 0 bridgehead atoms. The molecule has 0 saturated heterocycles. The molecule has 3 aromatic carbocycles. The highest BCUT2D eigenvalue weighted by Gasteiger charge is 2.17. The fourth-order valence-corrected chi connectivity index (χ4v) is 2.67. The molecular weight excluding hydrogens is 270 g/mol. The van der Waals surface area contributed by atoms with E-state index in [1.807, 2.05) is 25.1 Å². The van der Waals surface area contributed by atoms with E-state index in [0.717, 1.165) is 11.1 Å². The molecule has 4 rings (SSSR count). The SMILES string of the molecule is Cc1ccc2c(c1)CNC2=O.Cc1ccc2ccccc2c1. The summed E-state index contributed by atoms with van der Waals surface area (Å²) in [7, 11) is 0. The zero-order chi connectivity index (χ0) is 15.5. The van der Waals surface area contributed by atoms with Crippen LogP contribution in [0.3, 0.4) is 0 Å². The Morgan fingerprint density at radius 2 is 1.50 bits per heavy atom. The Morgan fingerprint density at radius 1 is 0.818 bits per heavy atom. The minimum absolute atomic E-state index is 0.0556. The first-order valence-corrected chi connectivity index (χ1v) is 7.46. The van der Waals surface area contributed by atoms with Gasteiger partial charge in [-0.15, -0.1) is 0 Å². The van der Waals surface area contributed by atoms with E-state index in [2.05, 4.69) is 54.7 Å². The second-order valence-corrected chi connectivity index (χ2v) is 5.69. The average molecular weight is 289 g/mol. The zero-order valence-corrected chi connectivity index (χ0v) is 12.9. The lowest BCUT2D eigenvalue weighted by Crippen LogP contribution is -2.12. The molecule has 1 heterocycles. The molecule has 2 heteroatoms. The molecule has 2 nitrogen and oxygen atoms in total. The quantitative estimate of drug-likeness (QED) is 0.653. The van der Waals surface area contributed by atoms with Gasteiger partial charge in [0.2, 0.25) is 0 Å². The smallest absolute Gasteiger partial charge is 0.251 e. The minimum Gasteiger partial charge on any atom is -0.348 e. The lowest BCUT2D eigenvalue weighted by atomic mass is 10.1. The maximum absolute atomic E-state index is 11.1. The van der Waals surface area contributed by atoms with Crippen molar-refractivity contribution >= 4 is 16.7 Å². The maximum Gasteiger partial charge on any atom is 0.251 e. The molecule has 0 atom stereocenters. The van der Waals surface area contributed by atoms with Crippen molar-refractivity contribution in [1.82, 2.24) is 5.32 Å². The van der Waals surface area contributed by atoms with E-state index in [4.69, 9.17) is 0 Å². The first-order valence-electron chi connectivity index (χ1n) is 7.46. The van der Waals surface area contributed by atoms with Crippen molar-refractivity contribution in [2.45, 2.75) is 20.4 Å². The van der Waals surface area contributed by atoms with Crippen LogP contribution in [-0.4, -0.2) is 5.91 Å². The van der Waals surface area contributed by atoms with Crippen molar-refractivity contribution in [1.29, 1.82) is 0 Å². The number of benzene rings is 3. The summed E-state index contributed by atoms with van der Waals surface area (Å²) in [6.45, 7) is 4.84. The van der Waals surface area contributed by atoms with Crippen LogP contribution in [0.2, 0.25) is 0 Å². The predicted molar refractivity (Wildman–Crippen MR) is 91.0 cm³/mol. The molecular formula is C20H19NO. The molecule has 0 aliphatic carbocycles. The first-order chi connectivity index (χ1) is 10.6. The van der Waals surface area contributed by atoms with E-state index in [1.165, 1.54) is 21.9 Å². The molecule has 0 spiro atoms. The van der Waals surface area contributed by atoms with Crippen LogP contribution < -0.4 is 5.32 Å². The lowest BCUT2D eigenvalue weighted by Gasteiger charge is -1.96. The molecule has 110 valence electrons. The molecule has 22 heavy (non-hydrogen) atoms. The summed E-state index contributed by atoms with van der Waals surface area (Å²) < 4.78 is 0. The molecule has 3 aromatic rings. The fraction of sp³-hybridized carbons (Fsp3) is 0.150. The number of hydrogen-bond acceptors (Lipinski definition) is 1. The molecule has 1 aliphatic heterocycles. The summed E-state index contributed by atoms with van der Waals surface area (Å²) >= 11 is 0. The van der Waals surface area contributed by atoms with Gasteiger partial charge in [0.05, 0.1) is 0 Å². The second kappa shape index (κ2) is 6.02. The Bertz CT molecular complexity index is 836. The van der Waals surface area contributed by atoms with Gasteiger partial charge in [0.25, 0.3) is 5.91 Å².